The molecule has 488 valence electrons. The Morgan fingerprint density at radius 2 is 1.11 bits per heavy atom. The highest BCUT2D eigenvalue weighted by Gasteiger charge is 2.70. The molecule has 0 aromatic heterocycles. The highest BCUT2D eigenvalue weighted by molar-refractivity contribution is 5.79. The van der Waals surface area contributed by atoms with Gasteiger partial charge >= 0.3 is 5.97 Å². The fraction of sp³-hybridized carbons (Fsp3) is 0.949. The molecule has 85 heavy (non-hydrogen) atoms. The van der Waals surface area contributed by atoms with Gasteiger partial charge in [-0.2, -0.15) is 0 Å². The molecule has 9 fully saturated rings. The maximum absolute atomic E-state index is 15.2. The first-order chi connectivity index (χ1) is 39.8. The number of esters is 1. The Morgan fingerprint density at radius 1 is 0.553 bits per heavy atom. The highest BCUT2D eigenvalue weighted by Crippen LogP contribution is 2.76. The second-order valence-corrected chi connectivity index (χ2v) is 28.7. The van der Waals surface area contributed by atoms with Crippen LogP contribution in [0.25, 0.3) is 0 Å². The van der Waals surface area contributed by atoms with Gasteiger partial charge in [0.2, 0.25) is 6.29 Å². The van der Waals surface area contributed by atoms with E-state index in [1.54, 1.807) is 0 Å². The molecule has 5 aliphatic heterocycles. The number of carbonyl (C=O) groups is 1. The Balaban J connectivity index is 0.861. The lowest BCUT2D eigenvalue weighted by Crippen LogP contribution is -2.66. The van der Waals surface area contributed by atoms with Crippen LogP contribution in [0.2, 0.25) is 0 Å². The van der Waals surface area contributed by atoms with Gasteiger partial charge in [0, 0.05) is 0 Å². The van der Waals surface area contributed by atoms with Crippen molar-refractivity contribution in [3.8, 4) is 0 Å². The van der Waals surface area contributed by atoms with Crippen LogP contribution in [0, 0.1) is 50.2 Å². The van der Waals surface area contributed by atoms with Crippen molar-refractivity contribution in [3.63, 3.8) is 0 Å². The molecule has 5 aliphatic carbocycles. The molecule has 0 amide bonds. The molecular weight excluding hydrogens is 1120 g/mol. The van der Waals surface area contributed by atoms with Crippen molar-refractivity contribution in [3.05, 3.63) is 11.6 Å². The van der Waals surface area contributed by atoms with Crippen molar-refractivity contribution in [2.24, 2.45) is 50.2 Å². The topological polar surface area (TPSA) is 413 Å². The first kappa shape index (κ1) is 66.2. The zero-order valence-corrected chi connectivity index (χ0v) is 49.8. The second-order valence-electron chi connectivity index (χ2n) is 28.7. The maximum Gasteiger partial charge on any atom is 0.315 e. The summed E-state index contributed by atoms with van der Waals surface area (Å²) in [7, 11) is 0. The van der Waals surface area contributed by atoms with Gasteiger partial charge in [0.1, 0.15) is 110 Å². The van der Waals surface area contributed by atoms with Crippen molar-refractivity contribution >= 4 is 5.97 Å². The van der Waals surface area contributed by atoms with Crippen LogP contribution in [0.1, 0.15) is 120 Å². The van der Waals surface area contributed by atoms with Gasteiger partial charge in [-0.15, -0.1) is 0 Å². The molecule has 0 bridgehead atoms. The normalized spacial score (nSPS) is 54.1. The zero-order valence-electron chi connectivity index (χ0n) is 49.8. The van der Waals surface area contributed by atoms with E-state index in [-0.39, 0.29) is 46.0 Å². The summed E-state index contributed by atoms with van der Waals surface area (Å²) in [6.07, 6.45) is -29.5. The Hall–Kier alpha value is -1.75. The Morgan fingerprint density at radius 3 is 1.74 bits per heavy atom. The van der Waals surface area contributed by atoms with Crippen molar-refractivity contribution in [1.29, 1.82) is 0 Å². The van der Waals surface area contributed by atoms with Gasteiger partial charge in [0.05, 0.1) is 44.1 Å². The number of aliphatic hydroxyl groups excluding tert-OH is 15. The molecule has 5 saturated heterocycles. The summed E-state index contributed by atoms with van der Waals surface area (Å²) in [5.74, 6) is -0.567. The number of fused-ring (bicyclic) bond motifs is 7. The van der Waals surface area contributed by atoms with Gasteiger partial charge in [-0.25, -0.2) is 0 Å². The Bertz CT molecular complexity index is 2360. The van der Waals surface area contributed by atoms with E-state index in [1.807, 2.05) is 0 Å². The number of hydrogen-bond donors (Lipinski definition) is 15. The number of rotatable bonds is 13. The zero-order chi connectivity index (χ0) is 62.0. The molecule has 10 rings (SSSR count). The average molecular weight is 1220 g/mol. The molecule has 0 aromatic rings. The molecule has 10 aliphatic rings. The van der Waals surface area contributed by atoms with Crippen LogP contribution in [0.3, 0.4) is 0 Å². The van der Waals surface area contributed by atoms with E-state index in [1.165, 1.54) is 12.5 Å². The summed E-state index contributed by atoms with van der Waals surface area (Å²) < 4.78 is 60.2. The van der Waals surface area contributed by atoms with Crippen molar-refractivity contribution < 1.29 is 129 Å². The first-order valence-corrected chi connectivity index (χ1v) is 30.6. The van der Waals surface area contributed by atoms with E-state index < -0.39 is 190 Å². The largest absolute Gasteiger partial charge is 0.432 e. The summed E-state index contributed by atoms with van der Waals surface area (Å²) in [4.78, 5) is 15.2. The van der Waals surface area contributed by atoms with E-state index in [0.29, 0.717) is 38.5 Å². The van der Waals surface area contributed by atoms with Crippen LogP contribution in [-0.2, 0) is 52.2 Å². The number of carbonyl (C=O) groups excluding carboxylic acids is 1. The molecule has 32 atom stereocenters. The Labute approximate surface area is 494 Å². The van der Waals surface area contributed by atoms with Crippen LogP contribution < -0.4 is 0 Å². The van der Waals surface area contributed by atoms with Crippen molar-refractivity contribution in [2.45, 2.75) is 273 Å². The molecule has 0 unspecified atom stereocenters. The molecule has 26 heteroatoms. The van der Waals surface area contributed by atoms with E-state index in [4.69, 9.17) is 47.4 Å². The van der Waals surface area contributed by atoms with Gasteiger partial charge in [-0.1, -0.05) is 60.1 Å². The van der Waals surface area contributed by atoms with E-state index >= 15 is 4.79 Å². The van der Waals surface area contributed by atoms with Crippen molar-refractivity contribution in [2.75, 3.05) is 26.4 Å². The fourth-order valence-corrected chi connectivity index (χ4v) is 17.5. The SMILES string of the molecule is C[C@H]1O[C@@H](O[C@H]2[C@H](O[C@H]3CC[C@@]4(C)[C@H](CC[C@@]5(C)[C@H]4CC=C4[C@@H]6CC(C)(C)CC[C@]6(C(=O)O[C@H]6O[C@@H](CO[C@@H]7O[C@@H](CO)[C@@H](O)[C@@H](O)[C@@H]7O)[C@H](O)[C@H](O)[C@@H]6O)CC[C@@]45C)C3(C)C)OC[C@H](O[C@@H]3O[C@H](CO)[C@H](O)[C@H](O)[C@@H]3O)[C@@H]2O)[C@H](O)[C@@H](O)[C@H]1O. The number of allylic oxidation sites excluding steroid dienone is 2. The van der Waals surface area contributed by atoms with Gasteiger partial charge in [0.25, 0.3) is 0 Å². The fourth-order valence-electron chi connectivity index (χ4n) is 17.5. The maximum atomic E-state index is 15.2. The third-order valence-corrected chi connectivity index (χ3v) is 23.1. The van der Waals surface area contributed by atoms with Crippen LogP contribution >= 0.6 is 0 Å². The van der Waals surface area contributed by atoms with Gasteiger partial charge in [0.15, 0.2) is 25.2 Å². The highest BCUT2D eigenvalue weighted by atomic mass is 16.8. The van der Waals surface area contributed by atoms with Gasteiger partial charge in [-0.05, 0) is 116 Å². The molecule has 0 aromatic carbocycles. The monoisotopic (exact) mass is 1220 g/mol. The smallest absolute Gasteiger partial charge is 0.315 e. The quantitative estimate of drug-likeness (QED) is 0.0513. The summed E-state index contributed by atoms with van der Waals surface area (Å²) in [5, 5.41) is 160. The van der Waals surface area contributed by atoms with E-state index in [2.05, 4.69) is 54.5 Å². The summed E-state index contributed by atoms with van der Waals surface area (Å²) in [6.45, 7) is 15.0. The number of ether oxygens (including phenoxy) is 10. The molecular formula is C59H96O26. The summed E-state index contributed by atoms with van der Waals surface area (Å²) in [5.41, 5.74) is -1.35. The standard InChI is InChI=1S/C59H96O26/c1-24-34(62)39(67)44(72)49(78-24)84-47-38(66)30(82-50-45(73)41(69)36(64)28(21-61)80-50)23-77-52(47)83-33-12-13-56(6)31(55(33,4)5)11-14-58(8)32(56)10-9-25-26-19-54(2,3)15-17-59(26,18-16-57(25,58)7)53(75)85-51-46(74)42(70)37(65)29(81-51)22-76-48-43(71)40(68)35(63)27(20-60)79-48/h9,24,26-52,60-74H,10-23H2,1-8H3/t24-,26+,27+,28-,29+,30+,31-,32+,33+,34+,35-,36+,37+,38+,39+,40-,41+,42+,43+,44-,45+,46+,47-,48-,49+,50+,51-,52+,56+,57+,58+,59+/m1/s1. The van der Waals surface area contributed by atoms with E-state index in [9.17, 15) is 76.6 Å². The van der Waals surface area contributed by atoms with Crippen LogP contribution in [0.15, 0.2) is 11.6 Å². The lowest BCUT2D eigenvalue weighted by atomic mass is 9.33. The summed E-state index contributed by atoms with van der Waals surface area (Å²) >= 11 is 0. The molecule has 0 radical (unpaired) electrons. The minimum Gasteiger partial charge on any atom is -0.432 e. The van der Waals surface area contributed by atoms with Crippen LogP contribution in [0.5, 0.6) is 0 Å². The number of hydrogen-bond acceptors (Lipinski definition) is 26. The van der Waals surface area contributed by atoms with Gasteiger partial charge < -0.3 is 124 Å². The Kier molecular flexibility index (Phi) is 19.0. The predicted octanol–water partition coefficient (Wildman–Crippen LogP) is -2.54. The van der Waals surface area contributed by atoms with E-state index in [0.717, 1.165) is 25.7 Å². The molecule has 0 spiro atoms. The molecule has 5 heterocycles. The third-order valence-electron chi connectivity index (χ3n) is 23.1. The van der Waals surface area contributed by atoms with Crippen LogP contribution in [0.4, 0.5) is 0 Å². The summed E-state index contributed by atoms with van der Waals surface area (Å²) in [6, 6.07) is 0. The minimum atomic E-state index is -1.85. The van der Waals surface area contributed by atoms with Crippen LogP contribution in [-0.4, -0.2) is 263 Å². The predicted molar refractivity (Wildman–Crippen MR) is 288 cm³/mol. The lowest BCUT2D eigenvalue weighted by molar-refractivity contribution is -0.380. The second kappa shape index (κ2) is 24.4. The van der Waals surface area contributed by atoms with Crippen molar-refractivity contribution in [1.82, 2.24) is 0 Å². The first-order valence-electron chi connectivity index (χ1n) is 30.6. The number of aliphatic hydroxyl groups is 15. The van der Waals surface area contributed by atoms with Gasteiger partial charge in [-0.3, -0.25) is 4.79 Å². The lowest BCUT2D eigenvalue weighted by Gasteiger charge is -2.71. The molecule has 4 saturated carbocycles. The minimum absolute atomic E-state index is 0.0972. The molecule has 26 nitrogen and oxygen atoms in total. The third kappa shape index (κ3) is 11.2. The molecule has 15 N–H and O–H groups in total. The average Bonchev–Trinajstić information content (AvgIpc) is 0.890.